The fourth-order valence-corrected chi connectivity index (χ4v) is 9.70. The third kappa shape index (κ3) is 3.10. The molecule has 8 aliphatic carbocycles. The molecule has 0 amide bonds. The van der Waals surface area contributed by atoms with E-state index < -0.39 is 0 Å². The fraction of sp³-hybridized carbons (Fsp3) is 0.909. The van der Waals surface area contributed by atoms with Crippen LogP contribution in [0.4, 0.5) is 0 Å². The molecule has 6 heteroatoms. The van der Waals surface area contributed by atoms with Crippen LogP contribution in [0.3, 0.4) is 0 Å². The lowest BCUT2D eigenvalue weighted by Gasteiger charge is -2.55. The van der Waals surface area contributed by atoms with Crippen LogP contribution in [-0.4, -0.2) is 26.7 Å². The van der Waals surface area contributed by atoms with E-state index in [4.69, 9.17) is 20.6 Å². The lowest BCUT2D eigenvalue weighted by atomic mass is 9.53. The van der Waals surface area contributed by atoms with E-state index in [-0.39, 0.29) is 11.1 Å². The maximum Gasteiger partial charge on any atom is 0.294 e. The van der Waals surface area contributed by atoms with Crippen LogP contribution >= 0.6 is 11.8 Å². The first-order valence-electron chi connectivity index (χ1n) is 11.4. The number of rotatable bonds is 2. The average Bonchev–Trinajstić information content (AvgIpc) is 2.57. The van der Waals surface area contributed by atoms with E-state index in [2.05, 4.69) is 0 Å². The molecule has 0 radical (unpaired) electrons. The van der Waals surface area contributed by atoms with Crippen LogP contribution in [-0.2, 0) is 4.89 Å². The van der Waals surface area contributed by atoms with Crippen LogP contribution in [0.15, 0.2) is 9.98 Å². The number of hydrogen-bond acceptors (Lipinski definition) is 5. The summed E-state index contributed by atoms with van der Waals surface area (Å²) >= 11 is 1.25. The van der Waals surface area contributed by atoms with E-state index >= 15 is 0 Å². The van der Waals surface area contributed by atoms with E-state index in [0.29, 0.717) is 10.4 Å². The molecule has 5 nitrogen and oxygen atoms in total. The van der Waals surface area contributed by atoms with Crippen LogP contribution < -0.4 is 5.73 Å². The zero-order chi connectivity index (χ0) is 18.9. The van der Waals surface area contributed by atoms with Gasteiger partial charge in [-0.15, -0.1) is 0 Å². The molecule has 8 aliphatic rings. The van der Waals surface area contributed by atoms with Gasteiger partial charge in [0.05, 0.1) is 11.1 Å². The fourth-order valence-electron chi connectivity index (χ4n) is 9.01. The zero-order valence-electron chi connectivity index (χ0n) is 16.7. The molecule has 0 atom stereocenters. The number of hydrogen-bond donors (Lipinski definition) is 2. The normalized spacial score (nSPS) is 51.8. The molecule has 0 unspecified atom stereocenters. The Balaban J connectivity index is 1.20. The van der Waals surface area contributed by atoms with Gasteiger partial charge in [-0.3, -0.25) is 4.99 Å². The van der Waals surface area contributed by atoms with Gasteiger partial charge in [-0.1, -0.05) is 0 Å². The summed E-state index contributed by atoms with van der Waals surface area (Å²) in [6, 6.07) is 0. The molecule has 0 aromatic rings. The van der Waals surface area contributed by atoms with Crippen LogP contribution in [0.5, 0.6) is 0 Å². The van der Waals surface area contributed by atoms with Crippen molar-refractivity contribution in [3.8, 4) is 0 Å². The predicted molar refractivity (Wildman–Crippen MR) is 112 cm³/mol. The second kappa shape index (κ2) is 6.37. The van der Waals surface area contributed by atoms with Crippen molar-refractivity contribution in [3.63, 3.8) is 0 Å². The Kier molecular flexibility index (Phi) is 4.11. The highest BCUT2D eigenvalue weighted by Crippen LogP contribution is 2.58. The van der Waals surface area contributed by atoms with E-state index in [1.165, 1.54) is 69.5 Å². The maximum absolute atomic E-state index is 9.54. The van der Waals surface area contributed by atoms with Gasteiger partial charge in [-0.25, -0.2) is 10.2 Å². The lowest BCUT2D eigenvalue weighted by molar-refractivity contribution is -0.151. The van der Waals surface area contributed by atoms with Crippen molar-refractivity contribution < 1.29 is 10.1 Å². The molecule has 0 spiro atoms. The molecule has 154 valence electrons. The number of nitrogens with zero attached hydrogens (tertiary/aromatic N) is 2. The van der Waals surface area contributed by atoms with Crippen molar-refractivity contribution >= 4 is 22.2 Å². The first-order chi connectivity index (χ1) is 13.5. The Hall–Kier alpha value is -0.750. The quantitative estimate of drug-likeness (QED) is 0.300. The molecule has 0 aliphatic heterocycles. The van der Waals surface area contributed by atoms with Gasteiger partial charge in [-0.05, 0) is 113 Å². The van der Waals surface area contributed by atoms with Crippen molar-refractivity contribution in [2.45, 2.75) is 88.1 Å². The molecule has 8 fully saturated rings. The largest absolute Gasteiger partial charge is 0.378 e. The third-order valence-electron chi connectivity index (χ3n) is 8.96. The molecule has 0 heterocycles. The minimum absolute atomic E-state index is 0.0270. The summed E-state index contributed by atoms with van der Waals surface area (Å²) in [5.74, 6) is 5.00. The Morgan fingerprint density at radius 2 is 1.07 bits per heavy atom. The van der Waals surface area contributed by atoms with Crippen molar-refractivity contribution in [2.24, 2.45) is 51.2 Å². The second-order valence-corrected chi connectivity index (χ2v) is 12.3. The minimum atomic E-state index is -0.0270. The second-order valence-electron chi connectivity index (χ2n) is 11.3. The molecular formula is C22H33N3O2S. The van der Waals surface area contributed by atoms with Crippen LogP contribution in [0.1, 0.15) is 77.0 Å². The van der Waals surface area contributed by atoms with Crippen molar-refractivity contribution in [1.82, 2.24) is 0 Å². The van der Waals surface area contributed by atoms with Gasteiger partial charge in [0.1, 0.15) is 0 Å². The average molecular weight is 404 g/mol. The molecule has 8 bridgehead atoms. The Labute approximate surface area is 171 Å². The summed E-state index contributed by atoms with van der Waals surface area (Å²) in [6.07, 6.45) is 15.4. The van der Waals surface area contributed by atoms with Gasteiger partial charge in [0.15, 0.2) is 5.17 Å². The highest BCUT2D eigenvalue weighted by molar-refractivity contribution is 8.26. The smallest absolute Gasteiger partial charge is 0.294 e. The Morgan fingerprint density at radius 3 is 1.43 bits per heavy atom. The summed E-state index contributed by atoms with van der Waals surface area (Å²) in [6.45, 7) is 0. The summed E-state index contributed by atoms with van der Waals surface area (Å²) in [5, 5.41) is 10.4. The first-order valence-corrected chi connectivity index (χ1v) is 12.3. The topological polar surface area (TPSA) is 80.2 Å². The standard InChI is InChI=1S/C22H33N3O2S/c23-19(24-21-7-13-1-14(8-21)3-15(2-13)9-21)28-20(27-26)25-22-10-16-4-17(11-22)6-18(5-16)12-22/h13-18,26H,1-12H2,(H2,23,24). The Morgan fingerprint density at radius 1 is 0.714 bits per heavy atom. The summed E-state index contributed by atoms with van der Waals surface area (Å²) in [4.78, 5) is 14.7. The number of nitrogens with two attached hydrogens (primary N) is 1. The Bertz CT molecular complexity index is 648. The van der Waals surface area contributed by atoms with E-state index in [0.717, 1.165) is 54.8 Å². The summed E-state index contributed by atoms with van der Waals surface area (Å²) < 4.78 is 0. The summed E-state index contributed by atoms with van der Waals surface area (Å²) in [5.41, 5.74) is 6.40. The van der Waals surface area contributed by atoms with Crippen LogP contribution in [0.2, 0.25) is 0 Å². The molecule has 8 saturated carbocycles. The molecule has 28 heavy (non-hydrogen) atoms. The monoisotopic (exact) mass is 403 g/mol. The van der Waals surface area contributed by atoms with Gasteiger partial charge in [-0.2, -0.15) is 0 Å². The first kappa shape index (κ1) is 18.1. The highest BCUT2D eigenvalue weighted by Gasteiger charge is 2.52. The highest BCUT2D eigenvalue weighted by atomic mass is 32.2. The minimum Gasteiger partial charge on any atom is -0.378 e. The zero-order valence-corrected chi connectivity index (χ0v) is 17.5. The molecule has 0 saturated heterocycles. The van der Waals surface area contributed by atoms with Crippen molar-refractivity contribution in [1.29, 1.82) is 0 Å². The number of thioether (sulfide) groups is 1. The van der Waals surface area contributed by atoms with Crippen LogP contribution in [0, 0.1) is 35.5 Å². The van der Waals surface area contributed by atoms with E-state index in [1.807, 2.05) is 0 Å². The maximum atomic E-state index is 9.54. The van der Waals surface area contributed by atoms with E-state index in [9.17, 15) is 5.26 Å². The summed E-state index contributed by atoms with van der Waals surface area (Å²) in [7, 11) is 0. The van der Waals surface area contributed by atoms with Crippen LogP contribution in [0.25, 0.3) is 0 Å². The number of aliphatic imine (C=N–C) groups is 2. The van der Waals surface area contributed by atoms with Crippen molar-refractivity contribution in [2.75, 3.05) is 0 Å². The lowest BCUT2D eigenvalue weighted by Crippen LogP contribution is -2.50. The van der Waals surface area contributed by atoms with Gasteiger partial charge in [0.2, 0.25) is 0 Å². The van der Waals surface area contributed by atoms with Gasteiger partial charge < -0.3 is 10.6 Å². The van der Waals surface area contributed by atoms with Gasteiger partial charge in [0, 0.05) is 11.8 Å². The van der Waals surface area contributed by atoms with Gasteiger partial charge in [0.25, 0.3) is 5.23 Å². The molecule has 3 N–H and O–H groups in total. The SMILES string of the molecule is NC(=NC12CC3CC(CC(C3)C1)C2)SC(=NC12CC3CC(CC(C3)C1)C2)OO. The third-order valence-corrected chi connectivity index (χ3v) is 9.60. The molecule has 0 aromatic carbocycles. The molecule has 8 rings (SSSR count). The van der Waals surface area contributed by atoms with E-state index in [1.54, 1.807) is 0 Å². The predicted octanol–water partition coefficient (Wildman–Crippen LogP) is 4.82. The molecule has 0 aromatic heterocycles. The number of amidine groups is 1. The van der Waals surface area contributed by atoms with Gasteiger partial charge >= 0.3 is 0 Å². The van der Waals surface area contributed by atoms with Crippen molar-refractivity contribution in [3.05, 3.63) is 0 Å². The molecular weight excluding hydrogens is 370 g/mol.